The molecule has 7 heteroatoms. The number of ether oxygens (including phenoxy) is 1. The minimum absolute atomic E-state index is 0.0465. The van der Waals surface area contributed by atoms with Crippen molar-refractivity contribution in [3.05, 3.63) is 48.3 Å². The fourth-order valence-corrected chi connectivity index (χ4v) is 3.01. The molecule has 1 unspecified atom stereocenters. The number of hydrogen-bond acceptors (Lipinski definition) is 6. The maximum absolute atomic E-state index is 12.5. The van der Waals surface area contributed by atoms with Crippen molar-refractivity contribution < 1.29 is 9.53 Å². The van der Waals surface area contributed by atoms with E-state index in [9.17, 15) is 4.79 Å². The predicted octanol–water partition coefficient (Wildman–Crippen LogP) is 1.31. The molecule has 0 spiro atoms. The number of piperazine rings is 1. The van der Waals surface area contributed by atoms with Gasteiger partial charge in [-0.3, -0.25) is 9.69 Å². The Labute approximate surface area is 154 Å². The molecular weight excluding hydrogens is 330 g/mol. The summed E-state index contributed by atoms with van der Waals surface area (Å²) < 4.78 is 5.15. The quantitative estimate of drug-likeness (QED) is 0.843. The Morgan fingerprint density at radius 3 is 2.42 bits per heavy atom. The molecule has 1 atom stereocenters. The fourth-order valence-electron chi connectivity index (χ4n) is 3.01. The van der Waals surface area contributed by atoms with E-state index < -0.39 is 0 Å². The van der Waals surface area contributed by atoms with E-state index >= 15 is 0 Å². The molecule has 1 aliphatic heterocycles. The Morgan fingerprint density at radius 1 is 1.15 bits per heavy atom. The van der Waals surface area contributed by atoms with Gasteiger partial charge < -0.3 is 15.0 Å². The van der Waals surface area contributed by atoms with Crippen molar-refractivity contribution in [3.8, 4) is 5.75 Å². The first-order valence-corrected chi connectivity index (χ1v) is 8.84. The van der Waals surface area contributed by atoms with E-state index in [1.54, 1.807) is 19.5 Å². The zero-order chi connectivity index (χ0) is 18.4. The Balaban J connectivity index is 1.46. The molecular formula is C19H25N5O2. The maximum atomic E-state index is 12.5. The average molecular weight is 355 g/mol. The summed E-state index contributed by atoms with van der Waals surface area (Å²) in [4.78, 5) is 25.4. The molecule has 1 aromatic heterocycles. The van der Waals surface area contributed by atoms with E-state index in [1.165, 1.54) is 0 Å². The molecule has 0 radical (unpaired) electrons. The van der Waals surface area contributed by atoms with Gasteiger partial charge in [0.25, 0.3) is 0 Å². The van der Waals surface area contributed by atoms with Gasteiger partial charge in [-0.25, -0.2) is 9.97 Å². The average Bonchev–Trinajstić information content (AvgIpc) is 2.72. The fraction of sp³-hybridized carbons (Fsp3) is 0.421. The van der Waals surface area contributed by atoms with E-state index in [1.807, 2.05) is 37.3 Å². The van der Waals surface area contributed by atoms with Crippen molar-refractivity contribution >= 4 is 11.9 Å². The van der Waals surface area contributed by atoms with Gasteiger partial charge in [-0.2, -0.15) is 0 Å². The van der Waals surface area contributed by atoms with E-state index in [0.29, 0.717) is 6.54 Å². The smallest absolute Gasteiger partial charge is 0.237 e. The Kier molecular flexibility index (Phi) is 6.01. The topological polar surface area (TPSA) is 70.6 Å². The van der Waals surface area contributed by atoms with Gasteiger partial charge in [-0.05, 0) is 30.7 Å². The SMILES string of the molecule is COc1ccc(CNC(=O)C(C)N2CCN(c3ncccn3)CC2)cc1. The first-order valence-electron chi connectivity index (χ1n) is 8.84. The number of carbonyl (C=O) groups is 1. The minimum Gasteiger partial charge on any atom is -0.497 e. The summed E-state index contributed by atoms with van der Waals surface area (Å²) in [5, 5.41) is 3.02. The first-order chi connectivity index (χ1) is 12.7. The van der Waals surface area contributed by atoms with Gasteiger partial charge in [0.1, 0.15) is 5.75 Å². The Morgan fingerprint density at radius 2 is 1.81 bits per heavy atom. The molecule has 1 amide bonds. The summed E-state index contributed by atoms with van der Waals surface area (Å²) in [6.45, 7) is 5.74. The summed E-state index contributed by atoms with van der Waals surface area (Å²) in [6.07, 6.45) is 3.51. The predicted molar refractivity (Wildman–Crippen MR) is 100 cm³/mol. The van der Waals surface area contributed by atoms with Gasteiger partial charge in [0, 0.05) is 45.1 Å². The molecule has 7 nitrogen and oxygen atoms in total. The summed E-state index contributed by atoms with van der Waals surface area (Å²) >= 11 is 0. The molecule has 1 N–H and O–H groups in total. The summed E-state index contributed by atoms with van der Waals surface area (Å²) in [5.74, 6) is 1.61. The van der Waals surface area contributed by atoms with Gasteiger partial charge in [-0.1, -0.05) is 12.1 Å². The molecule has 0 aliphatic carbocycles. The van der Waals surface area contributed by atoms with Crippen LogP contribution in [0.4, 0.5) is 5.95 Å². The van der Waals surface area contributed by atoms with E-state index in [4.69, 9.17) is 4.74 Å². The molecule has 26 heavy (non-hydrogen) atoms. The number of rotatable bonds is 6. The van der Waals surface area contributed by atoms with Gasteiger partial charge >= 0.3 is 0 Å². The zero-order valence-electron chi connectivity index (χ0n) is 15.3. The molecule has 0 saturated carbocycles. The monoisotopic (exact) mass is 355 g/mol. The molecule has 1 aliphatic rings. The van der Waals surface area contributed by atoms with Crippen LogP contribution in [0, 0.1) is 0 Å². The highest BCUT2D eigenvalue weighted by Gasteiger charge is 2.26. The van der Waals surface area contributed by atoms with Crippen molar-refractivity contribution in [2.45, 2.75) is 19.5 Å². The Hall–Kier alpha value is -2.67. The molecule has 0 bridgehead atoms. The standard InChI is InChI=1S/C19H25N5O2/c1-15(18(25)22-14-16-4-6-17(26-2)7-5-16)23-10-12-24(13-11-23)19-20-8-3-9-21-19/h3-9,15H,10-14H2,1-2H3,(H,22,25). The van der Waals surface area contributed by atoms with Crippen LogP contribution in [0.2, 0.25) is 0 Å². The Bertz CT molecular complexity index is 700. The van der Waals surface area contributed by atoms with Gasteiger partial charge in [0.05, 0.1) is 13.2 Å². The van der Waals surface area contributed by atoms with E-state index in [0.717, 1.165) is 43.4 Å². The molecule has 2 heterocycles. The van der Waals surface area contributed by atoms with Crippen LogP contribution >= 0.6 is 0 Å². The van der Waals surface area contributed by atoms with E-state index in [2.05, 4.69) is 25.1 Å². The van der Waals surface area contributed by atoms with Crippen LogP contribution in [0.5, 0.6) is 5.75 Å². The maximum Gasteiger partial charge on any atom is 0.237 e. The molecule has 138 valence electrons. The number of methoxy groups -OCH3 is 1. The number of aromatic nitrogens is 2. The second-order valence-electron chi connectivity index (χ2n) is 6.31. The van der Waals surface area contributed by atoms with Gasteiger partial charge in [0.15, 0.2) is 0 Å². The third kappa shape index (κ3) is 4.49. The minimum atomic E-state index is -0.160. The number of nitrogens with one attached hydrogen (secondary N) is 1. The second kappa shape index (κ2) is 8.62. The van der Waals surface area contributed by atoms with Crippen molar-refractivity contribution in [3.63, 3.8) is 0 Å². The number of anilines is 1. The van der Waals surface area contributed by atoms with Crippen LogP contribution in [0.25, 0.3) is 0 Å². The first kappa shape index (κ1) is 18.1. The number of hydrogen-bond donors (Lipinski definition) is 1. The van der Waals surface area contributed by atoms with Crippen LogP contribution in [0.3, 0.4) is 0 Å². The number of benzene rings is 1. The lowest BCUT2D eigenvalue weighted by Crippen LogP contribution is -2.54. The number of amides is 1. The molecule has 1 saturated heterocycles. The third-order valence-electron chi connectivity index (χ3n) is 4.70. The van der Waals surface area contributed by atoms with Gasteiger partial charge in [0.2, 0.25) is 11.9 Å². The van der Waals surface area contributed by atoms with Crippen LogP contribution in [0.1, 0.15) is 12.5 Å². The molecule has 1 aromatic carbocycles. The summed E-state index contributed by atoms with van der Waals surface area (Å²) in [7, 11) is 1.64. The number of nitrogens with zero attached hydrogens (tertiary/aromatic N) is 4. The van der Waals surface area contributed by atoms with Crippen LogP contribution in [0.15, 0.2) is 42.7 Å². The number of carbonyl (C=O) groups excluding carboxylic acids is 1. The lowest BCUT2D eigenvalue weighted by atomic mass is 10.2. The van der Waals surface area contributed by atoms with Crippen molar-refractivity contribution in [1.29, 1.82) is 0 Å². The van der Waals surface area contributed by atoms with Gasteiger partial charge in [-0.15, -0.1) is 0 Å². The highest BCUT2D eigenvalue weighted by molar-refractivity contribution is 5.81. The highest BCUT2D eigenvalue weighted by Crippen LogP contribution is 2.13. The van der Waals surface area contributed by atoms with Crippen LogP contribution in [-0.2, 0) is 11.3 Å². The van der Waals surface area contributed by atoms with Crippen LogP contribution < -0.4 is 15.0 Å². The van der Waals surface area contributed by atoms with Crippen molar-refractivity contribution in [2.75, 3.05) is 38.2 Å². The highest BCUT2D eigenvalue weighted by atomic mass is 16.5. The van der Waals surface area contributed by atoms with Crippen molar-refractivity contribution in [1.82, 2.24) is 20.2 Å². The van der Waals surface area contributed by atoms with Crippen LogP contribution in [-0.4, -0.2) is 60.1 Å². The third-order valence-corrected chi connectivity index (χ3v) is 4.70. The largest absolute Gasteiger partial charge is 0.497 e. The summed E-state index contributed by atoms with van der Waals surface area (Å²) in [6, 6.07) is 9.37. The van der Waals surface area contributed by atoms with Crippen molar-refractivity contribution in [2.24, 2.45) is 0 Å². The lowest BCUT2D eigenvalue weighted by molar-refractivity contribution is -0.126. The lowest BCUT2D eigenvalue weighted by Gasteiger charge is -2.37. The molecule has 2 aromatic rings. The zero-order valence-corrected chi connectivity index (χ0v) is 15.3. The molecule has 3 rings (SSSR count). The van der Waals surface area contributed by atoms with E-state index in [-0.39, 0.29) is 11.9 Å². The summed E-state index contributed by atoms with van der Waals surface area (Å²) in [5.41, 5.74) is 1.05. The second-order valence-corrected chi connectivity index (χ2v) is 6.31. The molecule has 1 fully saturated rings. The normalized spacial score (nSPS) is 16.2.